The fourth-order valence-electron chi connectivity index (χ4n) is 2.91. The highest BCUT2D eigenvalue weighted by atomic mass is 35.5. The van der Waals surface area contributed by atoms with Gasteiger partial charge in [-0.05, 0) is 49.4 Å². The zero-order chi connectivity index (χ0) is 14.8. The fourth-order valence-corrected chi connectivity index (χ4v) is 3.08. The maximum atomic E-state index is 10.9. The van der Waals surface area contributed by atoms with Gasteiger partial charge < -0.3 is 11.1 Å². The quantitative estimate of drug-likeness (QED) is 0.912. The summed E-state index contributed by atoms with van der Waals surface area (Å²) in [6, 6.07) is 5.76. The number of hydrogen-bond acceptors (Lipinski definition) is 3. The van der Waals surface area contributed by atoms with E-state index in [1.807, 2.05) is 18.2 Å². The van der Waals surface area contributed by atoms with Gasteiger partial charge in [-0.25, -0.2) is 0 Å². The molecule has 1 heterocycles. The van der Waals surface area contributed by atoms with E-state index in [9.17, 15) is 4.79 Å². The van der Waals surface area contributed by atoms with Crippen LogP contribution in [0.3, 0.4) is 0 Å². The van der Waals surface area contributed by atoms with Gasteiger partial charge in [0.25, 0.3) is 0 Å². The van der Waals surface area contributed by atoms with Gasteiger partial charge in [-0.15, -0.1) is 0 Å². The molecular weight excluding hydrogens is 286 g/mol. The molecule has 1 aliphatic rings. The smallest absolute Gasteiger partial charge is 0.219 e. The Balaban J connectivity index is 2.06. The normalized spacial score (nSPS) is 14.0. The summed E-state index contributed by atoms with van der Waals surface area (Å²) in [5.74, 6) is -0.294. The number of aromatic nitrogens is 1. The number of primary amides is 1. The number of pyridine rings is 1. The lowest BCUT2D eigenvalue weighted by atomic mass is 9.92. The molecule has 0 unspecified atom stereocenters. The molecule has 0 radical (unpaired) electrons. The van der Waals surface area contributed by atoms with Crippen molar-refractivity contribution in [1.29, 1.82) is 0 Å². The minimum atomic E-state index is -0.294. The predicted octanol–water partition coefficient (Wildman–Crippen LogP) is 3.05. The predicted molar refractivity (Wildman–Crippen MR) is 85.7 cm³/mol. The van der Waals surface area contributed by atoms with Crippen LogP contribution in [-0.4, -0.2) is 17.4 Å². The summed E-state index contributed by atoms with van der Waals surface area (Å²) in [5.41, 5.74) is 9.64. The largest absolute Gasteiger partial charge is 0.384 e. The van der Waals surface area contributed by atoms with Crippen molar-refractivity contribution in [2.24, 2.45) is 5.73 Å². The van der Waals surface area contributed by atoms with Crippen LogP contribution in [-0.2, 0) is 17.6 Å². The first-order valence-electron chi connectivity index (χ1n) is 7.28. The van der Waals surface area contributed by atoms with Crippen LogP contribution in [0.2, 0.25) is 5.02 Å². The van der Waals surface area contributed by atoms with Crippen molar-refractivity contribution in [2.45, 2.75) is 32.1 Å². The molecular formula is C16H18ClN3O. The van der Waals surface area contributed by atoms with Crippen molar-refractivity contribution >= 4 is 34.1 Å². The molecule has 4 nitrogen and oxygen atoms in total. The van der Waals surface area contributed by atoms with Gasteiger partial charge in [-0.1, -0.05) is 11.6 Å². The summed E-state index contributed by atoms with van der Waals surface area (Å²) in [6.45, 7) is 0.545. The van der Waals surface area contributed by atoms with Crippen LogP contribution in [0, 0.1) is 0 Å². The van der Waals surface area contributed by atoms with Gasteiger partial charge in [-0.2, -0.15) is 0 Å². The van der Waals surface area contributed by atoms with Crippen molar-refractivity contribution in [3.8, 4) is 0 Å². The van der Waals surface area contributed by atoms with Crippen molar-refractivity contribution in [2.75, 3.05) is 11.9 Å². The molecule has 2 aromatic rings. The van der Waals surface area contributed by atoms with Gasteiger partial charge >= 0.3 is 0 Å². The first-order valence-corrected chi connectivity index (χ1v) is 7.66. The van der Waals surface area contributed by atoms with E-state index in [4.69, 9.17) is 22.3 Å². The number of benzene rings is 1. The number of amides is 1. The third-order valence-corrected chi connectivity index (χ3v) is 4.13. The molecule has 1 aliphatic carbocycles. The number of nitrogens with zero attached hydrogens (tertiary/aromatic N) is 1. The highest BCUT2D eigenvalue weighted by Gasteiger charge is 2.18. The number of nitrogens with one attached hydrogen (secondary N) is 1. The lowest BCUT2D eigenvalue weighted by molar-refractivity contribution is -0.117. The van der Waals surface area contributed by atoms with Gasteiger partial charge in [-0.3, -0.25) is 9.78 Å². The minimum Gasteiger partial charge on any atom is -0.384 e. The Labute approximate surface area is 128 Å². The van der Waals surface area contributed by atoms with Gasteiger partial charge in [0.2, 0.25) is 5.91 Å². The molecule has 0 saturated carbocycles. The van der Waals surface area contributed by atoms with Gasteiger partial charge in [0.15, 0.2) is 0 Å². The van der Waals surface area contributed by atoms with Crippen LogP contribution < -0.4 is 11.1 Å². The second-order valence-electron chi connectivity index (χ2n) is 5.42. The number of aryl methyl sites for hydroxylation is 1. The van der Waals surface area contributed by atoms with E-state index >= 15 is 0 Å². The van der Waals surface area contributed by atoms with Crippen LogP contribution in [0.5, 0.6) is 0 Å². The Morgan fingerprint density at radius 1 is 1.33 bits per heavy atom. The van der Waals surface area contributed by atoms with E-state index in [-0.39, 0.29) is 5.91 Å². The van der Waals surface area contributed by atoms with Crippen LogP contribution >= 0.6 is 11.6 Å². The van der Waals surface area contributed by atoms with Crippen LogP contribution in [0.4, 0.5) is 5.69 Å². The standard InChI is InChI=1S/C16H18ClN3O/c17-10-5-6-12-14(9-10)20-13-4-2-1-3-11(13)16(12)19-8-7-15(18)21/h5-6,9H,1-4,7-8H2,(H2,18,21)(H,19,20). The number of nitrogens with two attached hydrogens (primary N) is 1. The average molecular weight is 304 g/mol. The SMILES string of the molecule is NC(=O)CCNc1c2c(nc3cc(Cl)ccc13)CCCC2. The molecule has 21 heavy (non-hydrogen) atoms. The fraction of sp³-hybridized carbons (Fsp3) is 0.375. The summed E-state index contributed by atoms with van der Waals surface area (Å²) in [4.78, 5) is 15.7. The summed E-state index contributed by atoms with van der Waals surface area (Å²) in [6.07, 6.45) is 4.71. The van der Waals surface area contributed by atoms with Crippen molar-refractivity contribution < 1.29 is 4.79 Å². The summed E-state index contributed by atoms with van der Waals surface area (Å²) in [5, 5.41) is 5.13. The molecule has 110 valence electrons. The molecule has 3 N–H and O–H groups in total. The molecule has 0 atom stereocenters. The number of halogens is 1. The number of carbonyl (C=O) groups excluding carboxylic acids is 1. The maximum Gasteiger partial charge on any atom is 0.219 e. The Kier molecular flexibility index (Phi) is 3.97. The molecule has 1 aromatic heterocycles. The summed E-state index contributed by atoms with van der Waals surface area (Å²) >= 11 is 6.08. The summed E-state index contributed by atoms with van der Waals surface area (Å²) < 4.78 is 0. The van der Waals surface area contributed by atoms with Crippen LogP contribution in [0.1, 0.15) is 30.5 Å². The summed E-state index contributed by atoms with van der Waals surface area (Å²) in [7, 11) is 0. The topological polar surface area (TPSA) is 68.0 Å². The van der Waals surface area contributed by atoms with E-state index in [0.717, 1.165) is 35.1 Å². The van der Waals surface area contributed by atoms with E-state index < -0.39 is 0 Å². The Morgan fingerprint density at radius 3 is 2.95 bits per heavy atom. The molecule has 1 amide bonds. The maximum absolute atomic E-state index is 10.9. The van der Waals surface area contributed by atoms with Gasteiger partial charge in [0, 0.05) is 34.8 Å². The molecule has 3 rings (SSSR count). The first-order chi connectivity index (χ1) is 10.1. The van der Waals surface area contributed by atoms with E-state index in [1.54, 1.807) is 0 Å². The monoisotopic (exact) mass is 303 g/mol. The number of hydrogen-bond donors (Lipinski definition) is 2. The number of carbonyl (C=O) groups is 1. The van der Waals surface area contributed by atoms with Crippen LogP contribution in [0.15, 0.2) is 18.2 Å². The second-order valence-corrected chi connectivity index (χ2v) is 5.86. The number of fused-ring (bicyclic) bond motifs is 2. The second kappa shape index (κ2) is 5.90. The Hall–Kier alpha value is -1.81. The highest BCUT2D eigenvalue weighted by molar-refractivity contribution is 6.31. The molecule has 0 spiro atoms. The van der Waals surface area contributed by atoms with Crippen molar-refractivity contribution in [1.82, 2.24) is 4.98 Å². The molecule has 0 saturated heterocycles. The lowest BCUT2D eigenvalue weighted by Gasteiger charge is -2.21. The average Bonchev–Trinajstić information content (AvgIpc) is 2.46. The van der Waals surface area contributed by atoms with Crippen LogP contribution in [0.25, 0.3) is 10.9 Å². The van der Waals surface area contributed by atoms with Crippen molar-refractivity contribution in [3.63, 3.8) is 0 Å². The number of rotatable bonds is 4. The zero-order valence-electron chi connectivity index (χ0n) is 11.8. The zero-order valence-corrected chi connectivity index (χ0v) is 12.5. The number of anilines is 1. The minimum absolute atomic E-state index is 0.294. The molecule has 5 heteroatoms. The van der Waals surface area contributed by atoms with Crippen molar-refractivity contribution in [3.05, 3.63) is 34.5 Å². The third-order valence-electron chi connectivity index (χ3n) is 3.90. The molecule has 1 aromatic carbocycles. The molecule has 0 bridgehead atoms. The Bertz CT molecular complexity index is 699. The molecule has 0 aliphatic heterocycles. The Morgan fingerprint density at radius 2 is 2.14 bits per heavy atom. The molecule has 0 fully saturated rings. The van der Waals surface area contributed by atoms with Gasteiger partial charge in [0.05, 0.1) is 5.52 Å². The van der Waals surface area contributed by atoms with Gasteiger partial charge in [0.1, 0.15) is 0 Å². The first kappa shape index (κ1) is 14.1. The van der Waals surface area contributed by atoms with E-state index in [2.05, 4.69) is 5.32 Å². The van der Waals surface area contributed by atoms with E-state index in [0.29, 0.717) is 18.0 Å². The third kappa shape index (κ3) is 2.95. The van der Waals surface area contributed by atoms with E-state index in [1.165, 1.54) is 18.4 Å². The lowest BCUT2D eigenvalue weighted by Crippen LogP contribution is -2.17. The highest BCUT2D eigenvalue weighted by Crippen LogP contribution is 2.34.